The first-order valence-electron chi connectivity index (χ1n) is 4.10. The van der Waals surface area contributed by atoms with Gasteiger partial charge < -0.3 is 4.74 Å². The highest BCUT2D eigenvalue weighted by molar-refractivity contribution is 6.18. The maximum absolute atomic E-state index is 11.5. The molecule has 0 atom stereocenters. The van der Waals surface area contributed by atoms with Crippen molar-refractivity contribution in [1.29, 1.82) is 0 Å². The minimum Gasteiger partial charge on any atom is -0.452 e. The number of nitrogens with zero attached hydrogens (tertiary/aromatic N) is 1. The zero-order chi connectivity index (χ0) is 12.2. The van der Waals surface area contributed by atoms with Gasteiger partial charge in [-0.2, -0.15) is 4.90 Å². The van der Waals surface area contributed by atoms with E-state index in [1.807, 2.05) is 0 Å². The number of imide groups is 3. The van der Waals surface area contributed by atoms with Gasteiger partial charge in [0.05, 0.1) is 7.11 Å². The van der Waals surface area contributed by atoms with Gasteiger partial charge in [0, 0.05) is 11.1 Å². The number of amides is 3. The Bertz CT molecular complexity index is 317. The molecule has 0 aliphatic heterocycles. The molecule has 0 aromatic carbocycles. The van der Waals surface area contributed by atoms with Crippen LogP contribution >= 0.6 is 0 Å². The van der Waals surface area contributed by atoms with E-state index in [9.17, 15) is 14.4 Å². The number of hydrogen-bond acceptors (Lipinski definition) is 4. The van der Waals surface area contributed by atoms with E-state index in [2.05, 4.69) is 17.9 Å². The summed E-state index contributed by atoms with van der Waals surface area (Å²) in [6.45, 7) is 9.49. The summed E-state index contributed by atoms with van der Waals surface area (Å²) in [4.78, 5) is 34.5. The highest BCUT2D eigenvalue weighted by Crippen LogP contribution is 2.06. The molecule has 0 radical (unpaired) electrons. The van der Waals surface area contributed by atoms with Gasteiger partial charge >= 0.3 is 6.09 Å². The third-order valence-electron chi connectivity index (χ3n) is 1.49. The van der Waals surface area contributed by atoms with Crippen molar-refractivity contribution in [1.82, 2.24) is 4.90 Å². The van der Waals surface area contributed by atoms with E-state index >= 15 is 0 Å². The lowest BCUT2D eigenvalue weighted by Gasteiger charge is -2.17. The van der Waals surface area contributed by atoms with Gasteiger partial charge in [-0.25, -0.2) is 4.79 Å². The Morgan fingerprint density at radius 2 is 1.33 bits per heavy atom. The molecule has 0 aromatic rings. The van der Waals surface area contributed by atoms with Gasteiger partial charge in [-0.1, -0.05) is 13.2 Å². The van der Waals surface area contributed by atoms with Crippen LogP contribution in [-0.2, 0) is 14.3 Å². The fraction of sp³-hybridized carbons (Fsp3) is 0.300. The molecular formula is C10H13NO4. The van der Waals surface area contributed by atoms with E-state index < -0.39 is 17.9 Å². The van der Waals surface area contributed by atoms with E-state index in [0.29, 0.717) is 4.90 Å². The Labute approximate surface area is 88.0 Å². The SMILES string of the molecule is C=C(C)C(=O)N(C(=O)OC)C(=O)C(=C)C. The van der Waals surface area contributed by atoms with Crippen molar-refractivity contribution in [2.24, 2.45) is 0 Å². The molecule has 15 heavy (non-hydrogen) atoms. The molecule has 5 heteroatoms. The smallest absolute Gasteiger partial charge is 0.423 e. The van der Waals surface area contributed by atoms with Gasteiger partial charge in [0.2, 0.25) is 0 Å². The maximum atomic E-state index is 11.5. The molecule has 5 nitrogen and oxygen atoms in total. The summed E-state index contributed by atoms with van der Waals surface area (Å²) in [6, 6.07) is 0. The Hall–Kier alpha value is -1.91. The number of methoxy groups -OCH3 is 1. The van der Waals surface area contributed by atoms with Crippen LogP contribution in [0, 0.1) is 0 Å². The van der Waals surface area contributed by atoms with Crippen molar-refractivity contribution >= 4 is 17.9 Å². The summed E-state index contributed by atoms with van der Waals surface area (Å²) in [5.41, 5.74) is 0.130. The van der Waals surface area contributed by atoms with Gasteiger partial charge in [0.1, 0.15) is 0 Å². The molecule has 0 aliphatic rings. The van der Waals surface area contributed by atoms with Crippen LogP contribution in [0.4, 0.5) is 4.79 Å². The zero-order valence-corrected chi connectivity index (χ0v) is 8.99. The van der Waals surface area contributed by atoms with Crippen molar-refractivity contribution < 1.29 is 19.1 Å². The molecule has 0 saturated heterocycles. The molecule has 0 fully saturated rings. The molecule has 3 amide bonds. The average molecular weight is 211 g/mol. The van der Waals surface area contributed by atoms with Gasteiger partial charge in [0.15, 0.2) is 0 Å². The predicted octanol–water partition coefficient (Wildman–Crippen LogP) is 1.26. The zero-order valence-electron chi connectivity index (χ0n) is 8.99. The Kier molecular flexibility index (Phi) is 4.44. The van der Waals surface area contributed by atoms with Crippen molar-refractivity contribution in [3.05, 3.63) is 24.3 Å². The molecule has 82 valence electrons. The third kappa shape index (κ3) is 3.05. The Balaban J connectivity index is 5.15. The third-order valence-corrected chi connectivity index (χ3v) is 1.49. The quantitative estimate of drug-likeness (QED) is 0.645. The molecule has 0 N–H and O–H groups in total. The van der Waals surface area contributed by atoms with Crippen LogP contribution < -0.4 is 0 Å². The Morgan fingerprint density at radius 1 is 1.00 bits per heavy atom. The molecule has 0 saturated carbocycles. The summed E-state index contributed by atoms with van der Waals surface area (Å²) in [5, 5.41) is 0. The van der Waals surface area contributed by atoms with Crippen LogP contribution in [0.2, 0.25) is 0 Å². The van der Waals surface area contributed by atoms with Crippen LogP contribution in [0.1, 0.15) is 13.8 Å². The highest BCUT2D eigenvalue weighted by atomic mass is 16.5. The Morgan fingerprint density at radius 3 is 1.53 bits per heavy atom. The van der Waals surface area contributed by atoms with Crippen LogP contribution in [0.25, 0.3) is 0 Å². The van der Waals surface area contributed by atoms with Gasteiger partial charge in [-0.15, -0.1) is 0 Å². The second-order valence-corrected chi connectivity index (χ2v) is 2.98. The van der Waals surface area contributed by atoms with Crippen LogP contribution in [0.5, 0.6) is 0 Å². The van der Waals surface area contributed by atoms with Crippen LogP contribution in [-0.4, -0.2) is 29.9 Å². The molecule has 0 spiro atoms. The lowest BCUT2D eigenvalue weighted by molar-refractivity contribution is -0.137. The summed E-state index contributed by atoms with van der Waals surface area (Å²) in [5.74, 6) is -1.59. The monoisotopic (exact) mass is 211 g/mol. The van der Waals surface area contributed by atoms with Crippen molar-refractivity contribution in [3.63, 3.8) is 0 Å². The molecule has 0 aliphatic carbocycles. The van der Waals surface area contributed by atoms with E-state index in [4.69, 9.17) is 0 Å². The summed E-state index contributed by atoms with van der Waals surface area (Å²) < 4.78 is 4.32. The van der Waals surface area contributed by atoms with E-state index in [1.54, 1.807) is 0 Å². The number of carbonyl (C=O) groups is 3. The fourth-order valence-corrected chi connectivity index (χ4v) is 0.731. The number of rotatable bonds is 2. The lowest BCUT2D eigenvalue weighted by Crippen LogP contribution is -2.42. The van der Waals surface area contributed by atoms with Gasteiger partial charge in [-0.3, -0.25) is 9.59 Å². The molecule has 0 heterocycles. The normalized spacial score (nSPS) is 9.00. The first kappa shape index (κ1) is 13.1. The minimum atomic E-state index is -1.05. The maximum Gasteiger partial charge on any atom is 0.423 e. The lowest BCUT2D eigenvalue weighted by atomic mass is 10.2. The standard InChI is InChI=1S/C10H13NO4/c1-6(2)8(12)11(10(14)15-5)9(13)7(3)4/h1,3H2,2,4-5H3. The largest absolute Gasteiger partial charge is 0.452 e. The van der Waals surface area contributed by atoms with Crippen LogP contribution in [0.3, 0.4) is 0 Å². The van der Waals surface area contributed by atoms with E-state index in [0.717, 1.165) is 7.11 Å². The molecule has 0 unspecified atom stereocenters. The molecular weight excluding hydrogens is 198 g/mol. The number of hydrogen-bond donors (Lipinski definition) is 0. The summed E-state index contributed by atoms with van der Waals surface area (Å²) >= 11 is 0. The summed E-state index contributed by atoms with van der Waals surface area (Å²) in [6.07, 6.45) is -1.05. The topological polar surface area (TPSA) is 63.7 Å². The highest BCUT2D eigenvalue weighted by Gasteiger charge is 2.29. The van der Waals surface area contributed by atoms with Gasteiger partial charge in [0.25, 0.3) is 11.8 Å². The molecule has 0 aromatic heterocycles. The van der Waals surface area contributed by atoms with Crippen LogP contribution in [0.15, 0.2) is 24.3 Å². The van der Waals surface area contributed by atoms with E-state index in [-0.39, 0.29) is 11.1 Å². The van der Waals surface area contributed by atoms with Gasteiger partial charge in [-0.05, 0) is 13.8 Å². The number of ether oxygens (including phenoxy) is 1. The number of carbonyl (C=O) groups excluding carboxylic acids is 3. The fourth-order valence-electron chi connectivity index (χ4n) is 0.731. The second-order valence-electron chi connectivity index (χ2n) is 2.98. The first-order valence-corrected chi connectivity index (χ1v) is 4.10. The van der Waals surface area contributed by atoms with E-state index in [1.165, 1.54) is 13.8 Å². The molecule has 0 rings (SSSR count). The van der Waals surface area contributed by atoms with Crippen molar-refractivity contribution in [2.45, 2.75) is 13.8 Å². The average Bonchev–Trinajstić information content (AvgIpc) is 2.16. The summed E-state index contributed by atoms with van der Waals surface area (Å²) in [7, 11) is 1.08. The van der Waals surface area contributed by atoms with Crippen molar-refractivity contribution in [3.8, 4) is 0 Å². The first-order chi connectivity index (χ1) is 6.82. The predicted molar refractivity (Wildman–Crippen MR) is 53.9 cm³/mol. The minimum absolute atomic E-state index is 0.0648. The van der Waals surface area contributed by atoms with Crippen molar-refractivity contribution in [2.75, 3.05) is 7.11 Å². The molecule has 0 bridgehead atoms. The second kappa shape index (κ2) is 5.09.